The van der Waals surface area contributed by atoms with Crippen molar-refractivity contribution in [2.75, 3.05) is 42.6 Å². The van der Waals surface area contributed by atoms with E-state index in [1.165, 1.54) is 9.99 Å². The van der Waals surface area contributed by atoms with E-state index >= 15 is 0 Å². The highest BCUT2D eigenvalue weighted by atomic mass is 32.2. The normalized spacial score (nSPS) is 20.3. The van der Waals surface area contributed by atoms with Gasteiger partial charge in [0, 0.05) is 49.9 Å². The van der Waals surface area contributed by atoms with Crippen LogP contribution in [0, 0.1) is 19.8 Å². The monoisotopic (exact) mass is 478 g/mol. The minimum Gasteiger partial charge on any atom is -0.370 e. The molecule has 2 aromatic rings. The topological polar surface area (TPSA) is 95.8 Å². The summed E-state index contributed by atoms with van der Waals surface area (Å²) in [6, 6.07) is 8.31. The summed E-state index contributed by atoms with van der Waals surface area (Å²) >= 11 is 1.99. The van der Waals surface area contributed by atoms with Gasteiger partial charge in [-0.2, -0.15) is 16.1 Å². The highest BCUT2D eigenvalue weighted by molar-refractivity contribution is 7.99. The van der Waals surface area contributed by atoms with Crippen LogP contribution in [0.3, 0.4) is 0 Å². The minimum atomic E-state index is -3.74. The molecule has 32 heavy (non-hydrogen) atoms. The first kappa shape index (κ1) is 23.1. The number of rotatable bonds is 6. The van der Waals surface area contributed by atoms with E-state index in [1.807, 2.05) is 23.9 Å². The van der Waals surface area contributed by atoms with E-state index in [-0.39, 0.29) is 29.0 Å². The number of anilines is 1. The molecule has 1 aromatic carbocycles. The Morgan fingerprint density at radius 2 is 1.91 bits per heavy atom. The van der Waals surface area contributed by atoms with Gasteiger partial charge in [0.25, 0.3) is 0 Å². The van der Waals surface area contributed by atoms with Crippen molar-refractivity contribution >= 4 is 33.4 Å². The first-order chi connectivity index (χ1) is 15.4. The van der Waals surface area contributed by atoms with Crippen LogP contribution >= 0.6 is 11.8 Å². The number of piperidine rings is 1. The summed E-state index contributed by atoms with van der Waals surface area (Å²) in [5.74, 6) is 2.11. The van der Waals surface area contributed by atoms with Crippen molar-refractivity contribution in [3.05, 3.63) is 41.3 Å². The summed E-state index contributed by atoms with van der Waals surface area (Å²) in [6.07, 6.45) is 1.31. The number of hydrogen-bond acceptors (Lipinski definition) is 7. The second-order valence-corrected chi connectivity index (χ2v) is 11.4. The molecule has 1 aromatic heterocycles. The molecule has 0 saturated carbocycles. The lowest BCUT2D eigenvalue weighted by atomic mass is 9.98. The Morgan fingerprint density at radius 3 is 2.56 bits per heavy atom. The summed E-state index contributed by atoms with van der Waals surface area (Å²) in [7, 11) is -3.74. The number of carbonyl (C=O) groups excluding carboxylic acids is 1. The minimum absolute atomic E-state index is 0.110. The first-order valence-corrected chi connectivity index (χ1v) is 13.6. The number of thioether (sulfide) groups is 1. The lowest BCUT2D eigenvalue weighted by molar-refractivity contribution is -0.126. The van der Waals surface area contributed by atoms with Crippen LogP contribution in [0.25, 0.3) is 0 Å². The Labute approximate surface area is 193 Å². The molecule has 1 atom stereocenters. The molecule has 0 radical (unpaired) electrons. The molecule has 1 unspecified atom stereocenters. The van der Waals surface area contributed by atoms with Crippen LogP contribution in [-0.4, -0.2) is 61.5 Å². The maximum Gasteiger partial charge on any atom is 0.248 e. The van der Waals surface area contributed by atoms with Crippen LogP contribution in [0.1, 0.15) is 29.9 Å². The van der Waals surface area contributed by atoms with E-state index in [9.17, 15) is 13.2 Å². The van der Waals surface area contributed by atoms with Gasteiger partial charge in [-0.15, -0.1) is 0 Å². The number of carbonyl (C=O) groups is 1. The molecular weight excluding hydrogens is 448 g/mol. The molecule has 3 heterocycles. The molecule has 0 spiro atoms. The van der Waals surface area contributed by atoms with Gasteiger partial charge in [-0.05, 0) is 44.4 Å². The number of benzene rings is 1. The smallest absolute Gasteiger partial charge is 0.248 e. The van der Waals surface area contributed by atoms with E-state index in [2.05, 4.69) is 27.5 Å². The summed E-state index contributed by atoms with van der Waals surface area (Å²) in [5.41, 5.74) is 2.60. The van der Waals surface area contributed by atoms with Gasteiger partial charge in [0.2, 0.25) is 15.9 Å². The van der Waals surface area contributed by atoms with E-state index in [1.54, 1.807) is 13.8 Å². The van der Waals surface area contributed by atoms with E-state index in [0.29, 0.717) is 31.6 Å². The fraction of sp³-hybridized carbons (Fsp3) is 0.545. The number of amides is 1. The predicted molar refractivity (Wildman–Crippen MR) is 125 cm³/mol. The highest BCUT2D eigenvalue weighted by Crippen LogP contribution is 2.28. The fourth-order valence-corrected chi connectivity index (χ4v) is 7.04. The van der Waals surface area contributed by atoms with Gasteiger partial charge >= 0.3 is 0 Å². The number of nitrogens with one attached hydrogen (secondary N) is 1. The predicted octanol–water partition coefficient (Wildman–Crippen LogP) is 2.56. The molecule has 2 saturated heterocycles. The Bertz CT molecular complexity index is 1030. The van der Waals surface area contributed by atoms with Gasteiger partial charge in [0.15, 0.2) is 5.76 Å². The second kappa shape index (κ2) is 9.84. The Hall–Kier alpha value is -2.04. The average molecular weight is 479 g/mol. The summed E-state index contributed by atoms with van der Waals surface area (Å²) in [4.78, 5) is 15.3. The zero-order valence-corrected chi connectivity index (χ0v) is 20.2. The van der Waals surface area contributed by atoms with Crippen LogP contribution in [-0.2, 0) is 21.4 Å². The van der Waals surface area contributed by atoms with Gasteiger partial charge in [-0.1, -0.05) is 17.3 Å². The summed E-state index contributed by atoms with van der Waals surface area (Å²) < 4.78 is 32.6. The molecule has 174 valence electrons. The van der Waals surface area contributed by atoms with Gasteiger partial charge in [0.1, 0.15) is 10.6 Å². The molecule has 2 aliphatic rings. The highest BCUT2D eigenvalue weighted by Gasteiger charge is 2.36. The lowest BCUT2D eigenvalue weighted by Gasteiger charge is -2.31. The summed E-state index contributed by atoms with van der Waals surface area (Å²) in [5, 5.41) is 6.76. The fourth-order valence-electron chi connectivity index (χ4n) is 4.33. The number of aromatic nitrogens is 1. The first-order valence-electron chi connectivity index (χ1n) is 11.0. The van der Waals surface area contributed by atoms with Crippen molar-refractivity contribution in [3.63, 3.8) is 0 Å². The van der Waals surface area contributed by atoms with Crippen molar-refractivity contribution in [2.45, 2.75) is 38.1 Å². The standard InChI is InChI=1S/C22H30N4O4S2/c1-16-21(17(2)30-24-16)32(28,29)26-9-3-4-19(15-26)22(27)23-14-18-5-7-20(8-6-18)25-10-12-31-13-11-25/h5-8,19H,3-4,9-15H2,1-2H3,(H,23,27). The summed E-state index contributed by atoms with van der Waals surface area (Å²) in [6.45, 7) is 6.34. The molecule has 0 aliphatic carbocycles. The number of aryl methyl sites for hydroxylation is 2. The van der Waals surface area contributed by atoms with Crippen molar-refractivity contribution < 1.29 is 17.7 Å². The van der Waals surface area contributed by atoms with E-state index in [0.717, 1.165) is 30.2 Å². The van der Waals surface area contributed by atoms with E-state index < -0.39 is 10.0 Å². The molecule has 10 heteroatoms. The van der Waals surface area contributed by atoms with Gasteiger partial charge in [-0.25, -0.2) is 8.42 Å². The van der Waals surface area contributed by atoms with Crippen molar-refractivity contribution in [1.82, 2.24) is 14.8 Å². The Balaban J connectivity index is 1.34. The number of sulfonamides is 1. The third-order valence-corrected chi connectivity index (χ3v) is 9.15. The number of hydrogen-bond donors (Lipinski definition) is 1. The lowest BCUT2D eigenvalue weighted by Crippen LogP contribution is -2.45. The van der Waals surface area contributed by atoms with Crippen molar-refractivity contribution in [1.29, 1.82) is 0 Å². The molecule has 1 N–H and O–H groups in total. The molecular formula is C22H30N4O4S2. The molecule has 2 fully saturated rings. The SMILES string of the molecule is Cc1noc(C)c1S(=O)(=O)N1CCCC(C(=O)NCc2ccc(N3CCSCC3)cc2)C1. The third-order valence-electron chi connectivity index (χ3n) is 6.10. The van der Waals surface area contributed by atoms with Crippen LogP contribution in [0.2, 0.25) is 0 Å². The van der Waals surface area contributed by atoms with Crippen molar-refractivity contribution in [2.24, 2.45) is 5.92 Å². The van der Waals surface area contributed by atoms with Crippen LogP contribution in [0.4, 0.5) is 5.69 Å². The zero-order valence-electron chi connectivity index (χ0n) is 18.5. The third kappa shape index (κ3) is 4.97. The molecule has 1 amide bonds. The van der Waals surface area contributed by atoms with Crippen LogP contribution < -0.4 is 10.2 Å². The van der Waals surface area contributed by atoms with Crippen LogP contribution in [0.15, 0.2) is 33.7 Å². The van der Waals surface area contributed by atoms with Crippen molar-refractivity contribution in [3.8, 4) is 0 Å². The zero-order chi connectivity index (χ0) is 22.7. The molecule has 8 nitrogen and oxygen atoms in total. The molecule has 2 aliphatic heterocycles. The largest absolute Gasteiger partial charge is 0.370 e. The maximum atomic E-state index is 13.1. The Morgan fingerprint density at radius 1 is 1.19 bits per heavy atom. The van der Waals surface area contributed by atoms with Gasteiger partial charge < -0.3 is 14.7 Å². The molecule has 4 rings (SSSR count). The maximum absolute atomic E-state index is 13.1. The average Bonchev–Trinajstić information content (AvgIpc) is 3.17. The van der Waals surface area contributed by atoms with Gasteiger partial charge in [0.05, 0.1) is 5.92 Å². The second-order valence-electron chi connectivity index (χ2n) is 8.34. The van der Waals surface area contributed by atoms with Gasteiger partial charge in [-0.3, -0.25) is 4.79 Å². The quantitative estimate of drug-likeness (QED) is 0.682. The number of nitrogens with zero attached hydrogens (tertiary/aromatic N) is 3. The molecule has 0 bridgehead atoms. The Kier molecular flexibility index (Phi) is 7.11. The van der Waals surface area contributed by atoms with Crippen LogP contribution in [0.5, 0.6) is 0 Å². The van der Waals surface area contributed by atoms with E-state index in [4.69, 9.17) is 4.52 Å².